The summed E-state index contributed by atoms with van der Waals surface area (Å²) in [6.07, 6.45) is 1.99. The zero-order valence-electron chi connectivity index (χ0n) is 10.8. The highest BCUT2D eigenvalue weighted by Crippen LogP contribution is 2.10. The highest BCUT2D eigenvalue weighted by atomic mass is 32.2. The second-order valence-electron chi connectivity index (χ2n) is 4.15. The van der Waals surface area contributed by atoms with Crippen molar-refractivity contribution in [2.24, 2.45) is 7.05 Å². The summed E-state index contributed by atoms with van der Waals surface area (Å²) in [6.45, 7) is 0.214. The molecule has 1 N–H and O–H groups in total. The molecule has 1 heterocycles. The summed E-state index contributed by atoms with van der Waals surface area (Å²) >= 11 is 0. The second-order valence-corrected chi connectivity index (χ2v) is 5.91. The van der Waals surface area contributed by atoms with Gasteiger partial charge in [0.15, 0.2) is 0 Å². The van der Waals surface area contributed by atoms with E-state index >= 15 is 0 Å². The van der Waals surface area contributed by atoms with Crippen LogP contribution in [-0.4, -0.2) is 29.7 Å². The Hall–Kier alpha value is -2.24. The van der Waals surface area contributed by atoms with E-state index in [1.54, 1.807) is 24.0 Å². The zero-order chi connectivity index (χ0) is 14.6. The molecule has 1 aromatic carbocycles. The van der Waals surface area contributed by atoms with E-state index < -0.39 is 10.0 Å². The largest absolute Gasteiger partial charge is 0.321 e. The van der Waals surface area contributed by atoms with Crippen molar-refractivity contribution in [1.29, 1.82) is 5.26 Å². The molecule has 2 rings (SSSR count). The van der Waals surface area contributed by atoms with E-state index in [1.165, 1.54) is 18.2 Å². The molecule has 2 aromatic rings. The van der Waals surface area contributed by atoms with Gasteiger partial charge in [-0.05, 0) is 18.2 Å². The van der Waals surface area contributed by atoms with Gasteiger partial charge in [0.2, 0.25) is 10.0 Å². The third-order valence-corrected chi connectivity index (χ3v) is 4.18. The van der Waals surface area contributed by atoms with Gasteiger partial charge < -0.3 is 4.57 Å². The number of benzene rings is 1. The van der Waals surface area contributed by atoms with Crippen LogP contribution in [0.25, 0.3) is 0 Å². The van der Waals surface area contributed by atoms with E-state index in [0.29, 0.717) is 17.8 Å². The maximum atomic E-state index is 12.1. The molecule has 0 aliphatic rings. The summed E-state index contributed by atoms with van der Waals surface area (Å²) in [5.74, 6) is 0.693. The molecule has 0 radical (unpaired) electrons. The minimum Gasteiger partial charge on any atom is -0.321 e. The van der Waals surface area contributed by atoms with Crippen molar-refractivity contribution in [3.63, 3.8) is 0 Å². The normalized spacial score (nSPS) is 11.2. The number of hydrogen-bond acceptors (Lipinski definition) is 5. The third kappa shape index (κ3) is 3.20. The van der Waals surface area contributed by atoms with Crippen LogP contribution >= 0.6 is 0 Å². The Morgan fingerprint density at radius 1 is 1.45 bits per heavy atom. The van der Waals surface area contributed by atoms with Gasteiger partial charge in [0.05, 0.1) is 16.5 Å². The van der Waals surface area contributed by atoms with E-state index in [0.717, 1.165) is 0 Å². The van der Waals surface area contributed by atoms with Crippen molar-refractivity contribution in [1.82, 2.24) is 19.5 Å². The van der Waals surface area contributed by atoms with Crippen LogP contribution in [0.5, 0.6) is 0 Å². The second kappa shape index (κ2) is 5.81. The van der Waals surface area contributed by atoms with Crippen LogP contribution in [0.15, 0.2) is 35.5 Å². The fraction of sp³-hybridized carbons (Fsp3) is 0.250. The first-order chi connectivity index (χ1) is 9.53. The molecule has 0 fully saturated rings. The molecule has 20 heavy (non-hydrogen) atoms. The lowest BCUT2D eigenvalue weighted by molar-refractivity contribution is 0.580. The Balaban J connectivity index is 2.04. The maximum absolute atomic E-state index is 12.1. The number of nitrogens with one attached hydrogen (secondary N) is 1. The molecule has 0 atom stereocenters. The Morgan fingerprint density at radius 3 is 2.90 bits per heavy atom. The van der Waals surface area contributed by atoms with Gasteiger partial charge in [0.25, 0.3) is 0 Å². The summed E-state index contributed by atoms with van der Waals surface area (Å²) < 4.78 is 28.3. The first-order valence-electron chi connectivity index (χ1n) is 5.85. The Bertz CT molecular complexity index is 745. The van der Waals surface area contributed by atoms with Crippen molar-refractivity contribution >= 4 is 10.0 Å². The molecule has 0 saturated heterocycles. The van der Waals surface area contributed by atoms with E-state index in [1.807, 2.05) is 6.07 Å². The SMILES string of the molecule is Cn1cnnc1CCNS(=O)(=O)c1cccc(C#N)c1. The maximum Gasteiger partial charge on any atom is 0.240 e. The summed E-state index contributed by atoms with van der Waals surface area (Å²) in [5.41, 5.74) is 0.307. The molecule has 0 spiro atoms. The van der Waals surface area contributed by atoms with Gasteiger partial charge in [-0.2, -0.15) is 5.26 Å². The van der Waals surface area contributed by atoms with Crippen LogP contribution in [0, 0.1) is 11.3 Å². The average molecular weight is 291 g/mol. The number of rotatable bonds is 5. The molecule has 0 amide bonds. The highest BCUT2D eigenvalue weighted by molar-refractivity contribution is 7.89. The van der Waals surface area contributed by atoms with Gasteiger partial charge in [-0.25, -0.2) is 13.1 Å². The fourth-order valence-electron chi connectivity index (χ4n) is 1.65. The van der Waals surface area contributed by atoms with E-state index in [2.05, 4.69) is 14.9 Å². The molecule has 0 saturated carbocycles. The van der Waals surface area contributed by atoms with Crippen LogP contribution in [0.1, 0.15) is 11.4 Å². The lowest BCUT2D eigenvalue weighted by atomic mass is 10.2. The van der Waals surface area contributed by atoms with E-state index in [9.17, 15) is 8.42 Å². The smallest absolute Gasteiger partial charge is 0.240 e. The van der Waals surface area contributed by atoms with Crippen molar-refractivity contribution in [3.05, 3.63) is 42.0 Å². The Morgan fingerprint density at radius 2 is 2.25 bits per heavy atom. The molecule has 7 nitrogen and oxygen atoms in total. The lowest BCUT2D eigenvalue weighted by Crippen LogP contribution is -2.26. The lowest BCUT2D eigenvalue weighted by Gasteiger charge is -2.06. The predicted molar refractivity (Wildman–Crippen MR) is 71.1 cm³/mol. The van der Waals surface area contributed by atoms with E-state index in [4.69, 9.17) is 5.26 Å². The number of aryl methyl sites for hydroxylation is 1. The van der Waals surface area contributed by atoms with Gasteiger partial charge >= 0.3 is 0 Å². The summed E-state index contributed by atoms with van der Waals surface area (Å²) in [5, 5.41) is 16.4. The van der Waals surface area contributed by atoms with Crippen LogP contribution in [0.2, 0.25) is 0 Å². The molecule has 0 aliphatic heterocycles. The highest BCUT2D eigenvalue weighted by Gasteiger charge is 2.14. The molecule has 0 bridgehead atoms. The quantitative estimate of drug-likeness (QED) is 0.848. The average Bonchev–Trinajstić information content (AvgIpc) is 2.84. The van der Waals surface area contributed by atoms with Crippen molar-refractivity contribution in [3.8, 4) is 6.07 Å². The molecular weight excluding hydrogens is 278 g/mol. The minimum absolute atomic E-state index is 0.0783. The standard InChI is InChI=1S/C12H13N5O2S/c1-17-9-14-16-12(17)5-6-15-20(18,19)11-4-2-3-10(7-11)8-13/h2-4,7,9,15H,5-6H2,1H3. The molecule has 1 aromatic heterocycles. The van der Waals surface area contributed by atoms with Crippen molar-refractivity contribution < 1.29 is 8.42 Å². The Kier molecular flexibility index (Phi) is 4.12. The first kappa shape index (κ1) is 14.2. The van der Waals surface area contributed by atoms with Gasteiger partial charge in [-0.1, -0.05) is 6.07 Å². The predicted octanol–water partition coefficient (Wildman–Crippen LogP) is 0.208. The van der Waals surface area contributed by atoms with E-state index in [-0.39, 0.29) is 11.4 Å². The number of hydrogen-bond donors (Lipinski definition) is 1. The van der Waals surface area contributed by atoms with Crippen molar-refractivity contribution in [2.75, 3.05) is 6.54 Å². The number of nitriles is 1. The number of nitrogens with zero attached hydrogens (tertiary/aromatic N) is 4. The fourth-order valence-corrected chi connectivity index (χ4v) is 2.72. The molecule has 8 heteroatoms. The number of aromatic nitrogens is 3. The van der Waals surface area contributed by atoms with Crippen LogP contribution in [0.3, 0.4) is 0 Å². The van der Waals surface area contributed by atoms with Gasteiger partial charge in [0, 0.05) is 20.0 Å². The molecule has 0 aliphatic carbocycles. The summed E-state index contributed by atoms with van der Waals surface area (Å²) in [7, 11) is -1.83. The monoisotopic (exact) mass is 291 g/mol. The van der Waals surface area contributed by atoms with Gasteiger partial charge in [0.1, 0.15) is 12.2 Å². The molecular formula is C12H13N5O2S. The summed E-state index contributed by atoms with van der Waals surface area (Å²) in [4.78, 5) is 0.0783. The van der Waals surface area contributed by atoms with Crippen LogP contribution < -0.4 is 4.72 Å². The molecule has 0 unspecified atom stereocenters. The Labute approximate surface area is 116 Å². The number of sulfonamides is 1. The minimum atomic E-state index is -3.62. The molecule has 104 valence electrons. The summed E-state index contributed by atoms with van der Waals surface area (Å²) in [6, 6.07) is 7.79. The van der Waals surface area contributed by atoms with Crippen LogP contribution in [0.4, 0.5) is 0 Å². The van der Waals surface area contributed by atoms with Crippen LogP contribution in [-0.2, 0) is 23.5 Å². The first-order valence-corrected chi connectivity index (χ1v) is 7.34. The topological polar surface area (TPSA) is 101 Å². The van der Waals surface area contributed by atoms with Gasteiger partial charge in [-0.15, -0.1) is 10.2 Å². The van der Waals surface area contributed by atoms with Gasteiger partial charge in [-0.3, -0.25) is 0 Å². The third-order valence-electron chi connectivity index (χ3n) is 2.72. The van der Waals surface area contributed by atoms with Crippen molar-refractivity contribution in [2.45, 2.75) is 11.3 Å². The zero-order valence-corrected chi connectivity index (χ0v) is 11.6.